The number of hydrogen-bond acceptors (Lipinski definition) is 3. The molecular formula is C7H8FNOS. The number of halogens is 1. The molecule has 0 saturated heterocycles. The molecule has 0 fully saturated rings. The van der Waals surface area contributed by atoms with Crippen molar-refractivity contribution in [2.45, 2.75) is 4.90 Å². The largest absolute Gasteiger partial charge is 0.492 e. The van der Waals surface area contributed by atoms with E-state index < -0.39 is 5.82 Å². The van der Waals surface area contributed by atoms with Crippen LogP contribution in [0.5, 0.6) is 5.75 Å². The normalized spacial score (nSPS) is 9.73. The molecule has 2 N–H and O–H groups in total. The summed E-state index contributed by atoms with van der Waals surface area (Å²) in [4.78, 5) is 0.487. The van der Waals surface area contributed by atoms with Gasteiger partial charge in [-0.1, -0.05) is 0 Å². The molecule has 0 atom stereocenters. The Kier molecular flexibility index (Phi) is 2.24. The third-order valence-electron chi connectivity index (χ3n) is 1.26. The van der Waals surface area contributed by atoms with E-state index in [9.17, 15) is 4.39 Å². The van der Waals surface area contributed by atoms with Gasteiger partial charge in [0.05, 0.1) is 12.8 Å². The van der Waals surface area contributed by atoms with Crippen molar-refractivity contribution in [1.29, 1.82) is 0 Å². The van der Waals surface area contributed by atoms with Crippen molar-refractivity contribution in [3.05, 3.63) is 17.9 Å². The molecule has 0 aliphatic rings. The van der Waals surface area contributed by atoms with Crippen LogP contribution in [0.4, 0.5) is 10.1 Å². The first-order valence-corrected chi connectivity index (χ1v) is 3.42. The van der Waals surface area contributed by atoms with Crippen molar-refractivity contribution in [2.24, 2.45) is 0 Å². The lowest BCUT2D eigenvalue weighted by Gasteiger charge is -2.05. The number of nitrogen functional groups attached to an aromatic ring is 1. The minimum atomic E-state index is -0.488. The molecule has 0 bridgehead atoms. The standard InChI is InChI=1S/C7H8FNOS/c1-10-7-5(8)2-4(11)3-6(7)9/h2-3,11H,9H2,1H3. The molecule has 0 spiro atoms. The molecule has 2 nitrogen and oxygen atoms in total. The second kappa shape index (κ2) is 3.00. The van der Waals surface area contributed by atoms with E-state index in [1.54, 1.807) is 0 Å². The quantitative estimate of drug-likeness (QED) is 0.501. The van der Waals surface area contributed by atoms with Crippen LogP contribution in [0.25, 0.3) is 0 Å². The maximum Gasteiger partial charge on any atom is 0.177 e. The Morgan fingerprint density at radius 1 is 1.55 bits per heavy atom. The van der Waals surface area contributed by atoms with Gasteiger partial charge in [0.25, 0.3) is 0 Å². The van der Waals surface area contributed by atoms with E-state index in [-0.39, 0.29) is 11.4 Å². The van der Waals surface area contributed by atoms with Crippen molar-refractivity contribution in [2.75, 3.05) is 12.8 Å². The van der Waals surface area contributed by atoms with Crippen LogP contribution in [0.3, 0.4) is 0 Å². The zero-order valence-electron chi connectivity index (χ0n) is 5.97. The minimum absolute atomic E-state index is 0.0720. The summed E-state index contributed by atoms with van der Waals surface area (Å²) < 4.78 is 17.6. The highest BCUT2D eigenvalue weighted by molar-refractivity contribution is 7.80. The molecule has 0 unspecified atom stereocenters. The van der Waals surface area contributed by atoms with Gasteiger partial charge in [0.1, 0.15) is 0 Å². The summed E-state index contributed by atoms with van der Waals surface area (Å²) in [5, 5.41) is 0. The molecule has 11 heavy (non-hydrogen) atoms. The van der Waals surface area contributed by atoms with Gasteiger partial charge in [-0.2, -0.15) is 0 Å². The number of anilines is 1. The van der Waals surface area contributed by atoms with Gasteiger partial charge in [-0.3, -0.25) is 0 Å². The Labute approximate surface area is 69.6 Å². The van der Waals surface area contributed by atoms with Crippen molar-refractivity contribution in [3.63, 3.8) is 0 Å². The van der Waals surface area contributed by atoms with Crippen molar-refractivity contribution in [3.8, 4) is 5.75 Å². The van der Waals surface area contributed by atoms with Gasteiger partial charge >= 0.3 is 0 Å². The molecule has 0 aliphatic heterocycles. The van der Waals surface area contributed by atoms with E-state index in [0.29, 0.717) is 4.90 Å². The van der Waals surface area contributed by atoms with Crippen LogP contribution < -0.4 is 10.5 Å². The van der Waals surface area contributed by atoms with Crippen LogP contribution in [0, 0.1) is 5.82 Å². The van der Waals surface area contributed by atoms with E-state index in [4.69, 9.17) is 10.5 Å². The first-order valence-electron chi connectivity index (χ1n) is 2.97. The van der Waals surface area contributed by atoms with Crippen molar-refractivity contribution >= 4 is 18.3 Å². The molecular weight excluding hydrogens is 165 g/mol. The number of benzene rings is 1. The molecule has 60 valence electrons. The highest BCUT2D eigenvalue weighted by atomic mass is 32.1. The van der Waals surface area contributed by atoms with Crippen LogP contribution in [0.15, 0.2) is 17.0 Å². The summed E-state index contributed by atoms with van der Waals surface area (Å²) in [5.74, 6) is -0.416. The molecule has 0 aliphatic carbocycles. The van der Waals surface area contributed by atoms with Crippen LogP contribution in [0.2, 0.25) is 0 Å². The molecule has 4 heteroatoms. The van der Waals surface area contributed by atoms with Crippen LogP contribution in [-0.4, -0.2) is 7.11 Å². The molecule has 0 saturated carbocycles. The summed E-state index contributed by atoms with van der Waals surface area (Å²) in [6, 6.07) is 2.78. The molecule has 1 aromatic carbocycles. The second-order valence-electron chi connectivity index (χ2n) is 2.05. The highest BCUT2D eigenvalue weighted by Crippen LogP contribution is 2.27. The number of methoxy groups -OCH3 is 1. The van der Waals surface area contributed by atoms with Crippen LogP contribution >= 0.6 is 12.6 Å². The average Bonchev–Trinajstić information content (AvgIpc) is 1.85. The fourth-order valence-corrected chi connectivity index (χ4v) is 1.07. The third kappa shape index (κ3) is 1.57. The Bertz CT molecular complexity index is 254. The smallest absolute Gasteiger partial charge is 0.177 e. The average molecular weight is 173 g/mol. The lowest BCUT2D eigenvalue weighted by Crippen LogP contribution is -1.95. The summed E-state index contributed by atoms with van der Waals surface area (Å²) in [5.41, 5.74) is 5.68. The number of rotatable bonds is 1. The van der Waals surface area contributed by atoms with Gasteiger partial charge in [-0.25, -0.2) is 4.39 Å². The minimum Gasteiger partial charge on any atom is -0.492 e. The maximum absolute atomic E-state index is 12.9. The number of thiol groups is 1. The van der Waals surface area contributed by atoms with E-state index in [1.165, 1.54) is 19.2 Å². The first kappa shape index (κ1) is 8.20. The third-order valence-corrected chi connectivity index (χ3v) is 1.52. The molecule has 1 rings (SSSR count). The Hall–Kier alpha value is -0.900. The summed E-state index contributed by atoms with van der Waals surface area (Å²) >= 11 is 3.93. The molecule has 0 heterocycles. The van der Waals surface area contributed by atoms with Gasteiger partial charge in [-0.15, -0.1) is 12.6 Å². The zero-order valence-corrected chi connectivity index (χ0v) is 6.86. The van der Waals surface area contributed by atoms with E-state index in [2.05, 4.69) is 12.6 Å². The van der Waals surface area contributed by atoms with Gasteiger partial charge in [0, 0.05) is 4.90 Å². The van der Waals surface area contributed by atoms with E-state index in [1.807, 2.05) is 0 Å². The number of hydrogen-bond donors (Lipinski definition) is 2. The predicted octanol–water partition coefficient (Wildman–Crippen LogP) is 1.71. The molecule has 0 radical (unpaired) electrons. The predicted molar refractivity (Wildman–Crippen MR) is 44.6 cm³/mol. The van der Waals surface area contributed by atoms with E-state index >= 15 is 0 Å². The van der Waals surface area contributed by atoms with Gasteiger partial charge in [0.15, 0.2) is 11.6 Å². The zero-order chi connectivity index (χ0) is 8.43. The maximum atomic E-state index is 12.9. The fraction of sp³-hybridized carbons (Fsp3) is 0.143. The monoisotopic (exact) mass is 173 g/mol. The molecule has 1 aromatic rings. The topological polar surface area (TPSA) is 35.2 Å². The summed E-state index contributed by atoms with van der Waals surface area (Å²) in [7, 11) is 1.37. The van der Waals surface area contributed by atoms with Crippen molar-refractivity contribution in [1.82, 2.24) is 0 Å². The molecule has 0 amide bonds. The first-order chi connectivity index (χ1) is 5.15. The van der Waals surface area contributed by atoms with Gasteiger partial charge in [0.2, 0.25) is 0 Å². The number of nitrogens with two attached hydrogens (primary N) is 1. The van der Waals surface area contributed by atoms with Gasteiger partial charge in [-0.05, 0) is 12.1 Å². The molecule has 0 aromatic heterocycles. The lowest BCUT2D eigenvalue weighted by molar-refractivity contribution is 0.388. The summed E-state index contributed by atoms with van der Waals surface area (Å²) in [6.07, 6.45) is 0. The fourth-order valence-electron chi connectivity index (χ4n) is 0.815. The second-order valence-corrected chi connectivity index (χ2v) is 2.57. The van der Waals surface area contributed by atoms with Crippen LogP contribution in [0.1, 0.15) is 0 Å². The Morgan fingerprint density at radius 2 is 2.18 bits per heavy atom. The highest BCUT2D eigenvalue weighted by Gasteiger charge is 2.06. The van der Waals surface area contributed by atoms with E-state index in [0.717, 1.165) is 0 Å². The van der Waals surface area contributed by atoms with Crippen molar-refractivity contribution < 1.29 is 9.13 Å². The van der Waals surface area contributed by atoms with Gasteiger partial charge < -0.3 is 10.5 Å². The van der Waals surface area contributed by atoms with Crippen LogP contribution in [-0.2, 0) is 0 Å². The SMILES string of the molecule is COc1c(N)cc(S)cc1F. The Morgan fingerprint density at radius 3 is 2.64 bits per heavy atom. The summed E-state index contributed by atoms with van der Waals surface area (Å²) in [6.45, 7) is 0. The number of ether oxygens (including phenoxy) is 1. The lowest BCUT2D eigenvalue weighted by atomic mass is 10.3. The Balaban J connectivity index is 3.25.